The van der Waals surface area contributed by atoms with E-state index in [2.05, 4.69) is 5.32 Å². The Labute approximate surface area is 111 Å². The van der Waals surface area contributed by atoms with Crippen LogP contribution in [-0.2, 0) is 4.74 Å². The van der Waals surface area contributed by atoms with Gasteiger partial charge in [0.05, 0.1) is 18.3 Å². The minimum absolute atomic E-state index is 0.0707. The lowest BCUT2D eigenvalue weighted by molar-refractivity contribution is 0.0581. The van der Waals surface area contributed by atoms with Crippen molar-refractivity contribution in [1.29, 1.82) is 0 Å². The molecule has 1 fully saturated rings. The molecule has 0 bridgehead atoms. The topological polar surface area (TPSA) is 58.6 Å². The van der Waals surface area contributed by atoms with Crippen LogP contribution in [0.2, 0.25) is 0 Å². The first-order chi connectivity index (χ1) is 9.16. The zero-order chi connectivity index (χ0) is 13.7. The Bertz CT molecular complexity index is 444. The van der Waals surface area contributed by atoms with E-state index in [0.717, 1.165) is 18.9 Å². The quantitative estimate of drug-likeness (QED) is 0.804. The van der Waals surface area contributed by atoms with Crippen molar-refractivity contribution in [3.05, 3.63) is 29.6 Å². The van der Waals surface area contributed by atoms with Gasteiger partial charge in [-0.05, 0) is 25.0 Å². The van der Waals surface area contributed by atoms with E-state index in [1.807, 2.05) is 0 Å². The van der Waals surface area contributed by atoms with Gasteiger partial charge in [0, 0.05) is 12.6 Å². The number of hydrogen-bond donors (Lipinski definition) is 2. The lowest BCUT2D eigenvalue weighted by atomic mass is 10.2. The number of hydrogen-bond acceptors (Lipinski definition) is 3. The molecule has 0 spiro atoms. The molecule has 0 radical (unpaired) electrons. The number of ether oxygens (including phenoxy) is 1. The van der Waals surface area contributed by atoms with Crippen LogP contribution in [0.25, 0.3) is 0 Å². The number of phenolic OH excluding ortho intramolecular Hbond substituents is 1. The lowest BCUT2D eigenvalue weighted by Crippen LogP contribution is -2.29. The molecule has 2 N–H and O–H groups in total. The predicted molar refractivity (Wildman–Crippen MR) is 68.6 cm³/mol. The second-order valence-electron chi connectivity index (χ2n) is 4.70. The normalized spacial score (nSPS) is 15.6. The molecule has 1 saturated carbocycles. The molecule has 104 valence electrons. The van der Waals surface area contributed by atoms with E-state index in [0.29, 0.717) is 19.3 Å². The predicted octanol–water partition coefficient (Wildman–Crippen LogP) is 2.22. The van der Waals surface area contributed by atoms with Gasteiger partial charge in [0.25, 0.3) is 5.91 Å². The number of carbonyl (C=O) groups excluding carboxylic acids is 1. The summed E-state index contributed by atoms with van der Waals surface area (Å²) in [5.74, 6) is -1.42. The molecular weight excluding hydrogens is 249 g/mol. The summed E-state index contributed by atoms with van der Waals surface area (Å²) in [6.45, 7) is 0.797. The van der Waals surface area contributed by atoms with Crippen LogP contribution in [0.4, 0.5) is 4.39 Å². The van der Waals surface area contributed by atoms with Crippen molar-refractivity contribution in [2.24, 2.45) is 0 Å². The van der Waals surface area contributed by atoms with Crippen LogP contribution in [0.15, 0.2) is 18.2 Å². The third-order valence-corrected chi connectivity index (χ3v) is 3.24. The van der Waals surface area contributed by atoms with Crippen LogP contribution in [0, 0.1) is 5.82 Å². The fourth-order valence-corrected chi connectivity index (χ4v) is 2.23. The van der Waals surface area contributed by atoms with Gasteiger partial charge in [0.15, 0.2) is 0 Å². The van der Waals surface area contributed by atoms with Gasteiger partial charge < -0.3 is 15.2 Å². The first kappa shape index (κ1) is 13.8. The number of phenols is 1. The monoisotopic (exact) mass is 267 g/mol. The smallest absolute Gasteiger partial charge is 0.254 e. The van der Waals surface area contributed by atoms with Crippen LogP contribution in [0.3, 0.4) is 0 Å². The van der Waals surface area contributed by atoms with Crippen molar-refractivity contribution in [3.8, 4) is 5.75 Å². The van der Waals surface area contributed by atoms with E-state index in [1.165, 1.54) is 25.0 Å². The maximum absolute atomic E-state index is 13.4. The van der Waals surface area contributed by atoms with Crippen molar-refractivity contribution in [2.75, 3.05) is 13.2 Å². The summed E-state index contributed by atoms with van der Waals surface area (Å²) in [5, 5.41) is 11.7. The highest BCUT2D eigenvalue weighted by atomic mass is 19.1. The summed E-state index contributed by atoms with van der Waals surface area (Å²) in [6, 6.07) is 3.47. The molecule has 0 unspecified atom stereocenters. The van der Waals surface area contributed by atoms with Gasteiger partial charge >= 0.3 is 0 Å². The van der Waals surface area contributed by atoms with Crippen LogP contribution in [0.5, 0.6) is 5.75 Å². The maximum atomic E-state index is 13.4. The Morgan fingerprint density at radius 2 is 2.16 bits per heavy atom. The minimum Gasteiger partial charge on any atom is -0.508 e. The summed E-state index contributed by atoms with van der Waals surface area (Å²) in [4.78, 5) is 11.7. The fourth-order valence-electron chi connectivity index (χ4n) is 2.23. The van der Waals surface area contributed by atoms with Crippen LogP contribution >= 0.6 is 0 Å². The van der Waals surface area contributed by atoms with E-state index in [9.17, 15) is 9.18 Å². The molecule has 1 aromatic carbocycles. The van der Waals surface area contributed by atoms with Gasteiger partial charge in [-0.2, -0.15) is 0 Å². The molecule has 19 heavy (non-hydrogen) atoms. The largest absolute Gasteiger partial charge is 0.508 e. The number of amides is 1. The summed E-state index contributed by atoms with van der Waals surface area (Å²) < 4.78 is 19.0. The summed E-state index contributed by atoms with van der Waals surface area (Å²) in [6.07, 6.45) is 4.88. The minimum atomic E-state index is -0.728. The first-order valence-corrected chi connectivity index (χ1v) is 6.55. The molecule has 2 rings (SSSR count). The molecule has 1 aliphatic rings. The average Bonchev–Trinajstić information content (AvgIpc) is 2.87. The second kappa shape index (κ2) is 6.52. The van der Waals surface area contributed by atoms with Crippen LogP contribution < -0.4 is 5.32 Å². The Morgan fingerprint density at radius 1 is 1.42 bits per heavy atom. The van der Waals surface area contributed by atoms with Gasteiger partial charge in [-0.25, -0.2) is 4.39 Å². The molecule has 1 amide bonds. The lowest BCUT2D eigenvalue weighted by Gasteiger charge is -2.11. The van der Waals surface area contributed by atoms with Crippen LogP contribution in [-0.4, -0.2) is 30.3 Å². The van der Waals surface area contributed by atoms with Crippen molar-refractivity contribution in [1.82, 2.24) is 5.32 Å². The van der Waals surface area contributed by atoms with Crippen LogP contribution in [0.1, 0.15) is 36.0 Å². The zero-order valence-corrected chi connectivity index (χ0v) is 10.7. The SMILES string of the molecule is O=C(NCCOC1CCCC1)c1ccc(O)cc1F. The molecule has 1 aromatic rings. The molecule has 1 aliphatic carbocycles. The molecule has 0 aromatic heterocycles. The van der Waals surface area contributed by atoms with Gasteiger partial charge in [-0.15, -0.1) is 0 Å². The van der Waals surface area contributed by atoms with E-state index in [4.69, 9.17) is 9.84 Å². The molecule has 0 saturated heterocycles. The molecule has 0 aliphatic heterocycles. The second-order valence-corrected chi connectivity index (χ2v) is 4.70. The molecule has 0 heterocycles. The molecular formula is C14H18FNO3. The number of aromatic hydroxyl groups is 1. The number of carbonyl (C=O) groups is 1. The van der Waals surface area contributed by atoms with E-state index in [-0.39, 0.29) is 11.3 Å². The maximum Gasteiger partial charge on any atom is 0.254 e. The van der Waals surface area contributed by atoms with Gasteiger partial charge in [0.2, 0.25) is 0 Å². The van der Waals surface area contributed by atoms with Crippen molar-refractivity contribution in [2.45, 2.75) is 31.8 Å². The Morgan fingerprint density at radius 3 is 2.84 bits per heavy atom. The van der Waals surface area contributed by atoms with Crippen molar-refractivity contribution >= 4 is 5.91 Å². The average molecular weight is 267 g/mol. The van der Waals surface area contributed by atoms with Gasteiger partial charge in [-0.3, -0.25) is 4.79 Å². The third kappa shape index (κ3) is 3.92. The standard InChI is InChI=1S/C14H18FNO3/c15-13-9-10(17)5-6-12(13)14(18)16-7-8-19-11-3-1-2-4-11/h5-6,9,11,17H,1-4,7-8H2,(H,16,18). The van der Waals surface area contributed by atoms with E-state index < -0.39 is 11.7 Å². The Hall–Kier alpha value is -1.62. The highest BCUT2D eigenvalue weighted by Gasteiger charge is 2.15. The molecule has 5 heteroatoms. The van der Waals surface area contributed by atoms with Crippen molar-refractivity contribution < 1.29 is 19.0 Å². The van der Waals surface area contributed by atoms with Gasteiger partial charge in [0.1, 0.15) is 11.6 Å². The Kier molecular flexibility index (Phi) is 4.74. The fraction of sp³-hybridized carbons (Fsp3) is 0.500. The molecule has 4 nitrogen and oxygen atoms in total. The van der Waals surface area contributed by atoms with Crippen molar-refractivity contribution in [3.63, 3.8) is 0 Å². The number of nitrogens with one attached hydrogen (secondary N) is 1. The highest BCUT2D eigenvalue weighted by Crippen LogP contribution is 2.20. The number of benzene rings is 1. The summed E-state index contributed by atoms with van der Waals surface area (Å²) >= 11 is 0. The highest BCUT2D eigenvalue weighted by molar-refractivity contribution is 5.94. The molecule has 0 atom stereocenters. The first-order valence-electron chi connectivity index (χ1n) is 6.55. The number of rotatable bonds is 5. The van der Waals surface area contributed by atoms with Gasteiger partial charge in [-0.1, -0.05) is 12.8 Å². The number of halogens is 1. The van der Waals surface area contributed by atoms with E-state index >= 15 is 0 Å². The zero-order valence-electron chi connectivity index (χ0n) is 10.7. The summed E-state index contributed by atoms with van der Waals surface area (Å²) in [7, 11) is 0. The summed E-state index contributed by atoms with van der Waals surface area (Å²) in [5.41, 5.74) is -0.0707. The van der Waals surface area contributed by atoms with E-state index in [1.54, 1.807) is 0 Å². The third-order valence-electron chi connectivity index (χ3n) is 3.24. The Balaban J connectivity index is 1.74.